The molecule has 1 heteroatoms. The van der Waals surface area contributed by atoms with E-state index < -0.39 is 0 Å². The van der Waals surface area contributed by atoms with Gasteiger partial charge in [0.05, 0.1) is 0 Å². The van der Waals surface area contributed by atoms with E-state index in [-0.39, 0.29) is 0 Å². The number of hydrogen-bond acceptors (Lipinski definition) is 1. The second-order valence-corrected chi connectivity index (χ2v) is 3.98. The van der Waals surface area contributed by atoms with E-state index in [1.54, 1.807) is 0 Å². The Kier molecular flexibility index (Phi) is 10.0. The molecule has 0 saturated carbocycles. The summed E-state index contributed by atoms with van der Waals surface area (Å²) < 4.78 is 0. The molecule has 0 aliphatic rings. The lowest BCUT2D eigenvalue weighted by atomic mass is 10.0. The first-order chi connectivity index (χ1) is 6.35. The van der Waals surface area contributed by atoms with Gasteiger partial charge in [0.25, 0.3) is 0 Å². The monoisotopic (exact) mass is 185 g/mol. The smallest absolute Gasteiger partial charge is 0.00639 e. The Morgan fingerprint density at radius 1 is 0.846 bits per heavy atom. The fourth-order valence-electron chi connectivity index (χ4n) is 1.78. The molecule has 0 heterocycles. The third kappa shape index (κ3) is 8.29. The van der Waals surface area contributed by atoms with Crippen LogP contribution in [0.25, 0.3) is 0 Å². The van der Waals surface area contributed by atoms with Crippen molar-refractivity contribution in [2.24, 2.45) is 0 Å². The number of nitrogens with one attached hydrogen (secondary N) is 1. The highest BCUT2D eigenvalue weighted by Gasteiger charge is 2.02. The van der Waals surface area contributed by atoms with Gasteiger partial charge in [0, 0.05) is 6.04 Å². The maximum Gasteiger partial charge on any atom is 0.00639 e. The van der Waals surface area contributed by atoms with Crippen LogP contribution in [0, 0.1) is 0 Å². The number of rotatable bonds is 9. The quantitative estimate of drug-likeness (QED) is 0.540. The SMILES string of the molecule is CCCCCCCC(CCC)NC. The Labute approximate surface area is 84.3 Å². The zero-order valence-electron chi connectivity index (χ0n) is 9.73. The van der Waals surface area contributed by atoms with Gasteiger partial charge in [-0.25, -0.2) is 0 Å². The molecule has 0 amide bonds. The summed E-state index contributed by atoms with van der Waals surface area (Å²) in [7, 11) is 2.09. The first kappa shape index (κ1) is 13.0. The molecule has 0 aliphatic carbocycles. The zero-order chi connectivity index (χ0) is 9.94. The predicted molar refractivity (Wildman–Crippen MR) is 61.1 cm³/mol. The Morgan fingerprint density at radius 3 is 2.08 bits per heavy atom. The first-order valence-corrected chi connectivity index (χ1v) is 6.02. The molecule has 0 aliphatic heterocycles. The molecule has 1 atom stereocenters. The van der Waals surface area contributed by atoms with Crippen LogP contribution in [-0.2, 0) is 0 Å². The van der Waals surface area contributed by atoms with Gasteiger partial charge in [-0.2, -0.15) is 0 Å². The van der Waals surface area contributed by atoms with Crippen molar-refractivity contribution in [2.75, 3.05) is 7.05 Å². The zero-order valence-corrected chi connectivity index (χ0v) is 9.73. The minimum Gasteiger partial charge on any atom is -0.317 e. The fourth-order valence-corrected chi connectivity index (χ4v) is 1.78. The van der Waals surface area contributed by atoms with Gasteiger partial charge in [-0.05, 0) is 19.9 Å². The van der Waals surface area contributed by atoms with E-state index in [4.69, 9.17) is 0 Å². The average molecular weight is 185 g/mol. The predicted octanol–water partition coefficient (Wildman–Crippen LogP) is 3.74. The molecule has 0 fully saturated rings. The Hall–Kier alpha value is -0.0400. The van der Waals surface area contributed by atoms with Crippen molar-refractivity contribution < 1.29 is 0 Å². The maximum absolute atomic E-state index is 3.39. The van der Waals surface area contributed by atoms with Crippen LogP contribution in [0.3, 0.4) is 0 Å². The molecule has 0 aromatic rings. The molecule has 1 unspecified atom stereocenters. The molecular formula is C12H27N. The fraction of sp³-hybridized carbons (Fsp3) is 1.00. The lowest BCUT2D eigenvalue weighted by Crippen LogP contribution is -2.24. The van der Waals surface area contributed by atoms with E-state index in [1.807, 2.05) is 0 Å². The van der Waals surface area contributed by atoms with E-state index in [9.17, 15) is 0 Å². The lowest BCUT2D eigenvalue weighted by molar-refractivity contribution is 0.455. The number of unbranched alkanes of at least 4 members (excludes halogenated alkanes) is 4. The molecular weight excluding hydrogens is 158 g/mol. The summed E-state index contributed by atoms with van der Waals surface area (Å²) in [4.78, 5) is 0. The van der Waals surface area contributed by atoms with Crippen molar-refractivity contribution in [1.29, 1.82) is 0 Å². The third-order valence-corrected chi connectivity index (χ3v) is 2.70. The second-order valence-electron chi connectivity index (χ2n) is 3.98. The minimum atomic E-state index is 0.770. The van der Waals surface area contributed by atoms with Crippen LogP contribution in [0.15, 0.2) is 0 Å². The van der Waals surface area contributed by atoms with Gasteiger partial charge in [-0.15, -0.1) is 0 Å². The molecule has 0 aromatic heterocycles. The van der Waals surface area contributed by atoms with E-state index >= 15 is 0 Å². The van der Waals surface area contributed by atoms with Crippen molar-refractivity contribution in [3.8, 4) is 0 Å². The second kappa shape index (κ2) is 10.0. The topological polar surface area (TPSA) is 12.0 Å². The molecule has 0 bridgehead atoms. The van der Waals surface area contributed by atoms with Crippen LogP contribution in [0.4, 0.5) is 0 Å². The van der Waals surface area contributed by atoms with Gasteiger partial charge >= 0.3 is 0 Å². The molecule has 0 saturated heterocycles. The van der Waals surface area contributed by atoms with E-state index in [2.05, 4.69) is 26.2 Å². The molecule has 1 N–H and O–H groups in total. The maximum atomic E-state index is 3.39. The minimum absolute atomic E-state index is 0.770. The normalized spacial score (nSPS) is 13.2. The van der Waals surface area contributed by atoms with Gasteiger partial charge in [-0.3, -0.25) is 0 Å². The van der Waals surface area contributed by atoms with E-state index in [0.29, 0.717) is 0 Å². The average Bonchev–Trinajstić information content (AvgIpc) is 2.16. The van der Waals surface area contributed by atoms with Gasteiger partial charge in [-0.1, -0.05) is 52.4 Å². The summed E-state index contributed by atoms with van der Waals surface area (Å²) in [6.07, 6.45) is 11.0. The summed E-state index contributed by atoms with van der Waals surface area (Å²) in [5, 5.41) is 3.39. The van der Waals surface area contributed by atoms with Crippen molar-refractivity contribution in [3.05, 3.63) is 0 Å². The van der Waals surface area contributed by atoms with Gasteiger partial charge in [0.15, 0.2) is 0 Å². The van der Waals surface area contributed by atoms with Crippen LogP contribution < -0.4 is 5.32 Å². The van der Waals surface area contributed by atoms with Crippen LogP contribution >= 0.6 is 0 Å². The van der Waals surface area contributed by atoms with Gasteiger partial charge in [0.1, 0.15) is 0 Å². The van der Waals surface area contributed by atoms with Crippen LogP contribution in [-0.4, -0.2) is 13.1 Å². The van der Waals surface area contributed by atoms with E-state index in [1.165, 1.54) is 51.4 Å². The standard InChI is InChI=1S/C12H27N/c1-4-6-7-8-9-11-12(13-3)10-5-2/h12-13H,4-11H2,1-3H3. The van der Waals surface area contributed by atoms with Crippen molar-refractivity contribution in [3.63, 3.8) is 0 Å². The van der Waals surface area contributed by atoms with E-state index in [0.717, 1.165) is 6.04 Å². The molecule has 13 heavy (non-hydrogen) atoms. The Balaban J connectivity index is 3.17. The summed E-state index contributed by atoms with van der Waals surface area (Å²) in [6.45, 7) is 4.54. The Morgan fingerprint density at radius 2 is 1.54 bits per heavy atom. The first-order valence-electron chi connectivity index (χ1n) is 6.02. The lowest BCUT2D eigenvalue weighted by Gasteiger charge is -2.14. The molecule has 1 nitrogen and oxygen atoms in total. The molecule has 0 radical (unpaired) electrons. The van der Waals surface area contributed by atoms with Crippen LogP contribution in [0.5, 0.6) is 0 Å². The summed E-state index contributed by atoms with van der Waals surface area (Å²) in [5.41, 5.74) is 0. The highest BCUT2D eigenvalue weighted by atomic mass is 14.9. The third-order valence-electron chi connectivity index (χ3n) is 2.70. The highest BCUT2D eigenvalue weighted by Crippen LogP contribution is 2.09. The van der Waals surface area contributed by atoms with Crippen LogP contribution in [0.1, 0.15) is 65.2 Å². The largest absolute Gasteiger partial charge is 0.317 e. The highest BCUT2D eigenvalue weighted by molar-refractivity contribution is 4.63. The van der Waals surface area contributed by atoms with Crippen molar-refractivity contribution in [1.82, 2.24) is 5.32 Å². The molecule has 0 aromatic carbocycles. The van der Waals surface area contributed by atoms with Crippen molar-refractivity contribution in [2.45, 2.75) is 71.3 Å². The summed E-state index contributed by atoms with van der Waals surface area (Å²) in [6, 6.07) is 0.770. The summed E-state index contributed by atoms with van der Waals surface area (Å²) >= 11 is 0. The molecule has 0 spiro atoms. The van der Waals surface area contributed by atoms with Crippen molar-refractivity contribution >= 4 is 0 Å². The van der Waals surface area contributed by atoms with Gasteiger partial charge < -0.3 is 5.32 Å². The molecule has 0 rings (SSSR count). The molecule has 80 valence electrons. The number of hydrogen-bond donors (Lipinski definition) is 1. The Bertz CT molecular complexity index is 91.1. The van der Waals surface area contributed by atoms with Gasteiger partial charge in [0.2, 0.25) is 0 Å². The summed E-state index contributed by atoms with van der Waals surface area (Å²) in [5.74, 6) is 0. The van der Waals surface area contributed by atoms with Crippen LogP contribution in [0.2, 0.25) is 0 Å².